The van der Waals surface area contributed by atoms with Crippen LogP contribution >= 0.6 is 34.5 Å². The van der Waals surface area contributed by atoms with E-state index in [1.807, 2.05) is 5.38 Å². The van der Waals surface area contributed by atoms with Gasteiger partial charge in [-0.15, -0.1) is 11.3 Å². The van der Waals surface area contributed by atoms with E-state index in [0.29, 0.717) is 11.6 Å². The fraction of sp³-hybridized carbons (Fsp3) is 0.474. The topological polar surface area (TPSA) is 82.6 Å². The fourth-order valence-corrected chi connectivity index (χ4v) is 6.02. The van der Waals surface area contributed by atoms with Gasteiger partial charge in [0.2, 0.25) is 10.0 Å². The highest BCUT2D eigenvalue weighted by Crippen LogP contribution is 2.28. The first-order chi connectivity index (χ1) is 14.0. The molecule has 7 nitrogen and oxygen atoms in total. The third-order valence-corrected chi connectivity index (χ3v) is 8.58. The quantitative estimate of drug-likeness (QED) is 0.702. The number of rotatable bonds is 4. The minimum absolute atomic E-state index is 0.0206. The molecule has 0 radical (unpaired) electrons. The summed E-state index contributed by atoms with van der Waals surface area (Å²) < 4.78 is 27.1. The molecule has 1 aromatic carbocycles. The predicted molar refractivity (Wildman–Crippen MR) is 120 cm³/mol. The molecule has 1 aliphatic heterocycles. The van der Waals surface area contributed by atoms with Crippen molar-refractivity contribution in [1.29, 1.82) is 0 Å². The summed E-state index contributed by atoms with van der Waals surface area (Å²) in [7, 11) is -3.78. The maximum Gasteiger partial charge on any atom is 0.317 e. The zero-order chi connectivity index (χ0) is 22.1. The average molecular weight is 491 g/mol. The molecule has 0 aliphatic carbocycles. The molecule has 1 N–H and O–H groups in total. The normalized spacial score (nSPS) is 16.0. The molecule has 1 aliphatic rings. The number of aromatic nitrogens is 1. The first-order valence-corrected chi connectivity index (χ1v) is 12.5. The Hall–Kier alpha value is -1.39. The molecule has 0 bridgehead atoms. The zero-order valence-corrected chi connectivity index (χ0v) is 20.1. The maximum absolute atomic E-state index is 12.9. The van der Waals surface area contributed by atoms with Crippen molar-refractivity contribution in [2.24, 2.45) is 0 Å². The Morgan fingerprint density at radius 1 is 1.20 bits per heavy atom. The first kappa shape index (κ1) is 23.3. The molecule has 1 saturated heterocycles. The molecule has 2 amide bonds. The van der Waals surface area contributed by atoms with E-state index < -0.39 is 10.0 Å². The fourth-order valence-electron chi connectivity index (χ4n) is 2.96. The summed E-state index contributed by atoms with van der Waals surface area (Å²) in [5.74, 6) is 0. The Kier molecular flexibility index (Phi) is 6.98. The van der Waals surface area contributed by atoms with Crippen LogP contribution in [0.15, 0.2) is 28.5 Å². The Balaban J connectivity index is 1.56. The number of halogens is 2. The molecule has 30 heavy (non-hydrogen) atoms. The lowest BCUT2D eigenvalue weighted by atomic mass is 9.98. The van der Waals surface area contributed by atoms with Crippen LogP contribution in [-0.2, 0) is 22.0 Å². The van der Waals surface area contributed by atoms with Crippen molar-refractivity contribution in [3.05, 3.63) is 44.3 Å². The van der Waals surface area contributed by atoms with Gasteiger partial charge < -0.3 is 10.2 Å². The molecule has 164 valence electrons. The molecule has 1 aromatic heterocycles. The number of benzene rings is 1. The Bertz CT molecular complexity index is 1030. The van der Waals surface area contributed by atoms with Crippen LogP contribution in [0.3, 0.4) is 0 Å². The second-order valence-electron chi connectivity index (χ2n) is 8.02. The number of hydrogen-bond acceptors (Lipinski definition) is 5. The lowest BCUT2D eigenvalue weighted by Gasteiger charge is -2.34. The smallest absolute Gasteiger partial charge is 0.317 e. The van der Waals surface area contributed by atoms with Crippen LogP contribution in [-0.4, -0.2) is 54.8 Å². The number of amides is 2. The highest BCUT2D eigenvalue weighted by molar-refractivity contribution is 7.89. The first-order valence-electron chi connectivity index (χ1n) is 9.41. The SMILES string of the molecule is CC(C)(C)c1nc(CNC(=O)N2CCN(S(=O)(=O)c3cc(Cl)ccc3Cl)CC2)cs1. The minimum Gasteiger partial charge on any atom is -0.332 e. The van der Waals surface area contributed by atoms with E-state index in [1.54, 1.807) is 16.2 Å². The van der Waals surface area contributed by atoms with E-state index in [1.165, 1.54) is 22.5 Å². The summed E-state index contributed by atoms with van der Waals surface area (Å²) in [4.78, 5) is 18.6. The second-order valence-corrected chi connectivity index (χ2v) is 11.6. The molecular formula is C19H24Cl2N4O3S2. The number of nitrogens with zero attached hydrogens (tertiary/aromatic N) is 3. The van der Waals surface area contributed by atoms with E-state index in [-0.39, 0.29) is 47.5 Å². The number of sulfonamides is 1. The summed E-state index contributed by atoms with van der Waals surface area (Å²) in [5, 5.41) is 6.24. The van der Waals surface area contributed by atoms with Crippen LogP contribution in [0, 0.1) is 0 Å². The standard InChI is InChI=1S/C19H24Cl2N4O3S2/c1-19(2,3)17-23-14(12-29-17)11-22-18(26)24-6-8-25(9-7-24)30(27,28)16-10-13(20)4-5-15(16)21/h4-5,10,12H,6-9,11H2,1-3H3,(H,22,26). The Labute approximate surface area is 191 Å². The lowest BCUT2D eigenvalue weighted by Crippen LogP contribution is -2.53. The van der Waals surface area contributed by atoms with E-state index >= 15 is 0 Å². The molecule has 0 atom stereocenters. The zero-order valence-electron chi connectivity index (χ0n) is 17.0. The van der Waals surface area contributed by atoms with Gasteiger partial charge in [-0.25, -0.2) is 18.2 Å². The Morgan fingerprint density at radius 3 is 2.47 bits per heavy atom. The third-order valence-electron chi connectivity index (χ3n) is 4.65. The van der Waals surface area contributed by atoms with E-state index in [0.717, 1.165) is 10.7 Å². The van der Waals surface area contributed by atoms with Gasteiger partial charge in [0.1, 0.15) is 4.90 Å². The van der Waals surface area contributed by atoms with Crippen molar-refractivity contribution in [2.45, 2.75) is 37.6 Å². The van der Waals surface area contributed by atoms with Crippen LogP contribution in [0.1, 0.15) is 31.5 Å². The number of thiazole rings is 1. The summed E-state index contributed by atoms with van der Waals surface area (Å²) in [6.45, 7) is 7.56. The maximum atomic E-state index is 12.9. The van der Waals surface area contributed by atoms with Crippen molar-refractivity contribution >= 4 is 50.6 Å². The molecule has 0 saturated carbocycles. The van der Waals surface area contributed by atoms with Crippen molar-refractivity contribution < 1.29 is 13.2 Å². The van der Waals surface area contributed by atoms with Gasteiger partial charge in [0.25, 0.3) is 0 Å². The van der Waals surface area contributed by atoms with Gasteiger partial charge in [-0.05, 0) is 18.2 Å². The van der Waals surface area contributed by atoms with Crippen molar-refractivity contribution in [3.8, 4) is 0 Å². The van der Waals surface area contributed by atoms with Gasteiger partial charge in [0, 0.05) is 42.0 Å². The number of carbonyl (C=O) groups is 1. The summed E-state index contributed by atoms with van der Waals surface area (Å²) >= 11 is 13.6. The number of piperazine rings is 1. The molecule has 3 rings (SSSR count). The largest absolute Gasteiger partial charge is 0.332 e. The molecule has 0 unspecified atom stereocenters. The van der Waals surface area contributed by atoms with Gasteiger partial charge in [-0.2, -0.15) is 4.31 Å². The van der Waals surface area contributed by atoms with Crippen molar-refractivity contribution in [2.75, 3.05) is 26.2 Å². The van der Waals surface area contributed by atoms with Crippen LogP contribution in [0.4, 0.5) is 4.79 Å². The van der Waals surface area contributed by atoms with Gasteiger partial charge in [-0.3, -0.25) is 0 Å². The van der Waals surface area contributed by atoms with Crippen molar-refractivity contribution in [1.82, 2.24) is 19.5 Å². The van der Waals surface area contributed by atoms with Crippen LogP contribution in [0.25, 0.3) is 0 Å². The second kappa shape index (κ2) is 9.00. The van der Waals surface area contributed by atoms with Crippen molar-refractivity contribution in [3.63, 3.8) is 0 Å². The summed E-state index contributed by atoms with van der Waals surface area (Å²) in [6.07, 6.45) is 0. The number of urea groups is 1. The monoisotopic (exact) mass is 490 g/mol. The van der Waals surface area contributed by atoms with E-state index in [4.69, 9.17) is 23.2 Å². The number of nitrogens with one attached hydrogen (secondary N) is 1. The molecule has 2 heterocycles. The van der Waals surface area contributed by atoms with Crippen LogP contribution in [0.2, 0.25) is 10.0 Å². The average Bonchev–Trinajstić information content (AvgIpc) is 3.17. The van der Waals surface area contributed by atoms with Gasteiger partial charge in [0.15, 0.2) is 0 Å². The van der Waals surface area contributed by atoms with Gasteiger partial charge in [0.05, 0.1) is 22.3 Å². The highest BCUT2D eigenvalue weighted by atomic mass is 35.5. The van der Waals surface area contributed by atoms with Crippen LogP contribution < -0.4 is 5.32 Å². The molecule has 2 aromatic rings. The van der Waals surface area contributed by atoms with Gasteiger partial charge >= 0.3 is 6.03 Å². The Morgan fingerprint density at radius 2 is 1.87 bits per heavy atom. The number of hydrogen-bond donors (Lipinski definition) is 1. The molecule has 11 heteroatoms. The summed E-state index contributed by atoms with van der Waals surface area (Å²) in [5.41, 5.74) is 0.788. The lowest BCUT2D eigenvalue weighted by molar-refractivity contribution is 0.172. The highest BCUT2D eigenvalue weighted by Gasteiger charge is 2.31. The predicted octanol–water partition coefficient (Wildman–Crippen LogP) is 3.96. The van der Waals surface area contributed by atoms with Gasteiger partial charge in [-0.1, -0.05) is 44.0 Å². The minimum atomic E-state index is -3.78. The van der Waals surface area contributed by atoms with Crippen LogP contribution in [0.5, 0.6) is 0 Å². The summed E-state index contributed by atoms with van der Waals surface area (Å²) in [6, 6.07) is 4.11. The molecule has 0 spiro atoms. The number of carbonyl (C=O) groups excluding carboxylic acids is 1. The molecular weight excluding hydrogens is 467 g/mol. The van der Waals surface area contributed by atoms with E-state index in [2.05, 4.69) is 31.1 Å². The molecule has 1 fully saturated rings. The third kappa shape index (κ3) is 5.26. The van der Waals surface area contributed by atoms with E-state index in [9.17, 15) is 13.2 Å².